The molecule has 0 aromatic heterocycles. The maximum Gasteiger partial charge on any atom is 0.117 e. The Bertz CT molecular complexity index is 355. The minimum atomic E-state index is 0.235. The summed E-state index contributed by atoms with van der Waals surface area (Å²) in [6, 6.07) is 9.13. The van der Waals surface area contributed by atoms with E-state index in [4.69, 9.17) is 5.26 Å². The number of anilines is 1. The van der Waals surface area contributed by atoms with Gasteiger partial charge in [-0.15, -0.1) is 0 Å². The lowest BCUT2D eigenvalue weighted by atomic mass is 10.2. The molecule has 0 saturated heterocycles. The highest BCUT2D eigenvalue weighted by Crippen LogP contribution is 2.20. The highest BCUT2D eigenvalue weighted by Gasteiger charge is 2.08. The molecule has 1 aromatic rings. The van der Waals surface area contributed by atoms with Crippen LogP contribution in [-0.4, -0.2) is 18.2 Å². The first-order chi connectivity index (χ1) is 7.13. The SMILES string of the molecule is CC(C)CN(CC#N)c1cccc(O)c1. The zero-order valence-corrected chi connectivity index (χ0v) is 9.14. The Kier molecular flexibility index (Phi) is 3.99. The predicted molar refractivity (Wildman–Crippen MR) is 60.8 cm³/mol. The summed E-state index contributed by atoms with van der Waals surface area (Å²) >= 11 is 0. The molecule has 0 unspecified atom stereocenters. The van der Waals surface area contributed by atoms with Gasteiger partial charge in [-0.2, -0.15) is 5.26 Å². The van der Waals surface area contributed by atoms with Gasteiger partial charge in [-0.1, -0.05) is 19.9 Å². The number of phenolic OH excluding ortho intramolecular Hbond substituents is 1. The summed E-state index contributed by atoms with van der Waals surface area (Å²) in [5, 5.41) is 18.1. The van der Waals surface area contributed by atoms with Crippen molar-refractivity contribution < 1.29 is 5.11 Å². The lowest BCUT2D eigenvalue weighted by Gasteiger charge is -2.23. The summed E-state index contributed by atoms with van der Waals surface area (Å²) in [5.41, 5.74) is 0.894. The molecule has 0 amide bonds. The number of phenols is 1. The first kappa shape index (κ1) is 11.4. The van der Waals surface area contributed by atoms with Gasteiger partial charge in [0.2, 0.25) is 0 Å². The van der Waals surface area contributed by atoms with E-state index in [0.29, 0.717) is 12.5 Å². The Morgan fingerprint density at radius 3 is 2.73 bits per heavy atom. The van der Waals surface area contributed by atoms with E-state index in [1.807, 2.05) is 11.0 Å². The second-order valence-corrected chi connectivity index (χ2v) is 3.95. The number of hydrogen-bond donors (Lipinski definition) is 1. The van der Waals surface area contributed by atoms with Crippen LogP contribution in [0.15, 0.2) is 24.3 Å². The normalized spacial score (nSPS) is 10.0. The van der Waals surface area contributed by atoms with Crippen LogP contribution >= 0.6 is 0 Å². The Morgan fingerprint density at radius 2 is 2.20 bits per heavy atom. The number of benzene rings is 1. The maximum atomic E-state index is 9.35. The van der Waals surface area contributed by atoms with Crippen LogP contribution in [0, 0.1) is 17.2 Å². The van der Waals surface area contributed by atoms with Gasteiger partial charge in [-0.05, 0) is 18.1 Å². The third-order valence-corrected chi connectivity index (χ3v) is 2.04. The smallest absolute Gasteiger partial charge is 0.117 e. The van der Waals surface area contributed by atoms with E-state index >= 15 is 0 Å². The second kappa shape index (κ2) is 5.26. The Balaban J connectivity index is 2.84. The topological polar surface area (TPSA) is 47.3 Å². The van der Waals surface area contributed by atoms with Crippen LogP contribution < -0.4 is 4.90 Å². The molecule has 0 spiro atoms. The van der Waals surface area contributed by atoms with E-state index < -0.39 is 0 Å². The molecule has 1 N–H and O–H groups in total. The molecule has 0 saturated carbocycles. The number of nitrogens with zero attached hydrogens (tertiary/aromatic N) is 2. The molecule has 0 aliphatic rings. The van der Waals surface area contributed by atoms with Crippen molar-refractivity contribution in [3.63, 3.8) is 0 Å². The van der Waals surface area contributed by atoms with Crippen LogP contribution in [0.5, 0.6) is 5.75 Å². The van der Waals surface area contributed by atoms with Crippen molar-refractivity contribution in [2.45, 2.75) is 13.8 Å². The molecule has 3 heteroatoms. The summed E-state index contributed by atoms with van der Waals surface area (Å²) in [6.07, 6.45) is 0. The molecule has 0 fully saturated rings. The van der Waals surface area contributed by atoms with Gasteiger partial charge in [0.05, 0.1) is 6.07 Å². The van der Waals surface area contributed by atoms with E-state index in [-0.39, 0.29) is 5.75 Å². The van der Waals surface area contributed by atoms with Crippen molar-refractivity contribution in [2.24, 2.45) is 5.92 Å². The Labute approximate surface area is 90.6 Å². The van der Waals surface area contributed by atoms with Gasteiger partial charge in [0.25, 0.3) is 0 Å². The van der Waals surface area contributed by atoms with Crippen LogP contribution in [0.4, 0.5) is 5.69 Å². The third-order valence-electron chi connectivity index (χ3n) is 2.04. The van der Waals surface area contributed by atoms with Crippen LogP contribution in [0.25, 0.3) is 0 Å². The fourth-order valence-corrected chi connectivity index (χ4v) is 1.48. The van der Waals surface area contributed by atoms with Crippen molar-refractivity contribution in [2.75, 3.05) is 18.0 Å². The molecule has 0 aliphatic heterocycles. The van der Waals surface area contributed by atoms with Gasteiger partial charge < -0.3 is 10.0 Å². The van der Waals surface area contributed by atoms with Gasteiger partial charge in [-0.25, -0.2) is 0 Å². The average Bonchev–Trinajstić information content (AvgIpc) is 2.16. The molecular weight excluding hydrogens is 188 g/mol. The van der Waals surface area contributed by atoms with Crippen molar-refractivity contribution in [1.29, 1.82) is 5.26 Å². The number of nitriles is 1. The molecule has 0 atom stereocenters. The zero-order chi connectivity index (χ0) is 11.3. The third kappa shape index (κ3) is 3.51. The highest BCUT2D eigenvalue weighted by atomic mass is 16.3. The molecular formula is C12H16N2O. The standard InChI is InChI=1S/C12H16N2O/c1-10(2)9-14(7-6-13)11-4-3-5-12(15)8-11/h3-5,8,10,15H,7,9H2,1-2H3. The van der Waals surface area contributed by atoms with Crippen LogP contribution in [0.2, 0.25) is 0 Å². The van der Waals surface area contributed by atoms with Gasteiger partial charge in [0.1, 0.15) is 12.3 Å². The quantitative estimate of drug-likeness (QED) is 0.766. The summed E-state index contributed by atoms with van der Waals surface area (Å²) in [5.74, 6) is 0.722. The molecule has 0 radical (unpaired) electrons. The minimum absolute atomic E-state index is 0.235. The van der Waals surface area contributed by atoms with Crippen molar-refractivity contribution >= 4 is 5.69 Å². The lowest BCUT2D eigenvalue weighted by Crippen LogP contribution is -2.27. The van der Waals surface area contributed by atoms with Crippen molar-refractivity contribution in [1.82, 2.24) is 0 Å². The largest absolute Gasteiger partial charge is 0.508 e. The number of hydrogen-bond acceptors (Lipinski definition) is 3. The average molecular weight is 204 g/mol. The van der Waals surface area contributed by atoms with E-state index in [9.17, 15) is 5.11 Å². The molecule has 0 bridgehead atoms. The number of aromatic hydroxyl groups is 1. The van der Waals surface area contributed by atoms with Crippen LogP contribution in [-0.2, 0) is 0 Å². The predicted octanol–water partition coefficient (Wildman–Crippen LogP) is 2.38. The summed E-state index contributed by atoms with van der Waals surface area (Å²) < 4.78 is 0. The molecule has 3 nitrogen and oxygen atoms in total. The fraction of sp³-hybridized carbons (Fsp3) is 0.417. The first-order valence-corrected chi connectivity index (χ1v) is 5.04. The van der Waals surface area contributed by atoms with Gasteiger partial charge >= 0.3 is 0 Å². The molecule has 0 heterocycles. The van der Waals surface area contributed by atoms with Crippen molar-refractivity contribution in [3.05, 3.63) is 24.3 Å². The van der Waals surface area contributed by atoms with E-state index in [1.54, 1.807) is 18.2 Å². The van der Waals surface area contributed by atoms with Crippen molar-refractivity contribution in [3.8, 4) is 11.8 Å². The first-order valence-electron chi connectivity index (χ1n) is 5.04. The Hall–Kier alpha value is -1.69. The lowest BCUT2D eigenvalue weighted by molar-refractivity contribution is 0.475. The second-order valence-electron chi connectivity index (χ2n) is 3.95. The van der Waals surface area contributed by atoms with E-state index in [0.717, 1.165) is 12.2 Å². The molecule has 1 aromatic carbocycles. The molecule has 0 aliphatic carbocycles. The molecule has 80 valence electrons. The van der Waals surface area contributed by atoms with Crippen LogP contribution in [0.3, 0.4) is 0 Å². The van der Waals surface area contributed by atoms with E-state index in [1.165, 1.54) is 0 Å². The maximum absolute atomic E-state index is 9.35. The highest BCUT2D eigenvalue weighted by molar-refractivity contribution is 5.51. The monoisotopic (exact) mass is 204 g/mol. The summed E-state index contributed by atoms with van der Waals surface area (Å²) in [6.45, 7) is 5.37. The summed E-state index contributed by atoms with van der Waals surface area (Å²) in [7, 11) is 0. The van der Waals surface area contributed by atoms with Gasteiger partial charge in [0, 0.05) is 18.3 Å². The van der Waals surface area contributed by atoms with Gasteiger partial charge in [0.15, 0.2) is 0 Å². The minimum Gasteiger partial charge on any atom is -0.508 e. The van der Waals surface area contributed by atoms with Gasteiger partial charge in [-0.3, -0.25) is 0 Å². The summed E-state index contributed by atoms with van der Waals surface area (Å²) in [4.78, 5) is 1.96. The Morgan fingerprint density at radius 1 is 1.47 bits per heavy atom. The number of rotatable bonds is 4. The molecule has 1 rings (SSSR count). The fourth-order valence-electron chi connectivity index (χ4n) is 1.48. The molecule has 15 heavy (non-hydrogen) atoms. The van der Waals surface area contributed by atoms with Crippen LogP contribution in [0.1, 0.15) is 13.8 Å². The zero-order valence-electron chi connectivity index (χ0n) is 9.14. The van der Waals surface area contributed by atoms with E-state index in [2.05, 4.69) is 19.9 Å².